The summed E-state index contributed by atoms with van der Waals surface area (Å²) in [5.41, 5.74) is 8.18. The average Bonchev–Trinajstić information content (AvgIpc) is 3.43. The van der Waals surface area contributed by atoms with Crippen LogP contribution in [-0.4, -0.2) is 41.5 Å². The van der Waals surface area contributed by atoms with Gasteiger partial charge in [0.15, 0.2) is 0 Å². The van der Waals surface area contributed by atoms with E-state index in [2.05, 4.69) is 64.4 Å². The zero-order chi connectivity index (χ0) is 22.8. The number of hydrogen-bond acceptors (Lipinski definition) is 5. The predicted molar refractivity (Wildman–Crippen MR) is 133 cm³/mol. The van der Waals surface area contributed by atoms with E-state index < -0.39 is 0 Å². The third kappa shape index (κ3) is 4.15. The van der Waals surface area contributed by atoms with E-state index in [0.717, 1.165) is 61.7 Å². The van der Waals surface area contributed by atoms with Gasteiger partial charge in [0.2, 0.25) is 0 Å². The highest BCUT2D eigenvalue weighted by atomic mass is 16.5. The minimum atomic E-state index is 0.153. The summed E-state index contributed by atoms with van der Waals surface area (Å²) in [4.78, 5) is 7.13. The van der Waals surface area contributed by atoms with Gasteiger partial charge < -0.3 is 15.0 Å². The summed E-state index contributed by atoms with van der Waals surface area (Å²) in [6.07, 6.45) is 7.76. The lowest BCUT2D eigenvalue weighted by molar-refractivity contribution is 0.310. The molecule has 33 heavy (non-hydrogen) atoms. The second-order valence-electron chi connectivity index (χ2n) is 8.83. The van der Waals surface area contributed by atoms with Crippen LogP contribution in [0.3, 0.4) is 0 Å². The molecule has 0 saturated carbocycles. The maximum absolute atomic E-state index is 6.06. The van der Waals surface area contributed by atoms with Gasteiger partial charge in [0.25, 0.3) is 0 Å². The van der Waals surface area contributed by atoms with Crippen molar-refractivity contribution >= 4 is 5.69 Å². The molecular weight excluding hydrogens is 410 g/mol. The van der Waals surface area contributed by atoms with Crippen molar-refractivity contribution in [1.29, 1.82) is 0 Å². The van der Waals surface area contributed by atoms with E-state index >= 15 is 0 Å². The Bertz CT molecular complexity index is 1170. The van der Waals surface area contributed by atoms with Crippen LogP contribution in [0.25, 0.3) is 11.4 Å². The maximum Gasteiger partial charge on any atom is 0.121 e. The van der Waals surface area contributed by atoms with Crippen LogP contribution in [0.4, 0.5) is 5.69 Å². The summed E-state index contributed by atoms with van der Waals surface area (Å²) < 4.78 is 8.26. The number of nitrogens with one attached hydrogen (secondary N) is 1. The quantitative estimate of drug-likeness (QED) is 0.513. The zero-order valence-electron chi connectivity index (χ0n) is 19.8. The van der Waals surface area contributed by atoms with Crippen molar-refractivity contribution in [3.63, 3.8) is 0 Å². The normalized spacial score (nSPS) is 16.7. The fourth-order valence-electron chi connectivity index (χ4n) is 5.01. The average molecular weight is 444 g/mol. The Balaban J connectivity index is 1.56. The van der Waals surface area contributed by atoms with Crippen LogP contribution >= 0.6 is 0 Å². The van der Waals surface area contributed by atoms with E-state index in [9.17, 15) is 0 Å². The van der Waals surface area contributed by atoms with Gasteiger partial charge in [0.1, 0.15) is 11.4 Å². The van der Waals surface area contributed by atoms with Crippen molar-refractivity contribution in [2.45, 2.75) is 45.6 Å². The van der Waals surface area contributed by atoms with Crippen molar-refractivity contribution in [3.8, 4) is 17.1 Å². The van der Waals surface area contributed by atoms with E-state index in [4.69, 9.17) is 14.8 Å². The van der Waals surface area contributed by atoms with Crippen LogP contribution in [-0.2, 0) is 13.0 Å². The minimum Gasteiger partial charge on any atom is -0.493 e. The number of aryl methyl sites for hydroxylation is 2. The summed E-state index contributed by atoms with van der Waals surface area (Å²) >= 11 is 0. The highest BCUT2D eigenvalue weighted by molar-refractivity contribution is 5.71. The van der Waals surface area contributed by atoms with E-state index in [1.54, 1.807) is 0 Å². The Morgan fingerprint density at radius 2 is 2.12 bits per heavy atom. The largest absolute Gasteiger partial charge is 0.493 e. The summed E-state index contributed by atoms with van der Waals surface area (Å²) in [6.45, 7) is 7.80. The molecule has 0 spiro atoms. The first-order chi connectivity index (χ1) is 16.2. The number of pyridine rings is 1. The topological polar surface area (TPSA) is 55.2 Å². The first-order valence-electron chi connectivity index (χ1n) is 12.1. The molecule has 3 aromatic rings. The van der Waals surface area contributed by atoms with Gasteiger partial charge in [0, 0.05) is 53.9 Å². The molecule has 2 aromatic heterocycles. The number of fused-ring (bicyclic) bond motifs is 2. The molecule has 1 unspecified atom stereocenters. The van der Waals surface area contributed by atoms with Gasteiger partial charge in [-0.3, -0.25) is 9.67 Å². The number of benzene rings is 1. The lowest BCUT2D eigenvalue weighted by atomic mass is 9.85. The molecule has 1 N–H and O–H groups in total. The first kappa shape index (κ1) is 21.7. The second-order valence-corrected chi connectivity index (χ2v) is 8.83. The van der Waals surface area contributed by atoms with Crippen molar-refractivity contribution in [1.82, 2.24) is 20.1 Å². The predicted octanol–water partition coefficient (Wildman–Crippen LogP) is 4.67. The summed E-state index contributed by atoms with van der Waals surface area (Å²) in [5, 5.41) is 8.21. The molecule has 1 aromatic carbocycles. The van der Waals surface area contributed by atoms with Crippen LogP contribution < -0.4 is 15.0 Å². The van der Waals surface area contributed by atoms with E-state index in [0.29, 0.717) is 6.61 Å². The molecule has 5 rings (SSSR count). The molecule has 1 atom stereocenters. The van der Waals surface area contributed by atoms with Crippen molar-refractivity contribution < 1.29 is 4.74 Å². The molecule has 6 heteroatoms. The van der Waals surface area contributed by atoms with Gasteiger partial charge in [-0.25, -0.2) is 0 Å². The van der Waals surface area contributed by atoms with Crippen molar-refractivity contribution in [2.75, 3.05) is 31.6 Å². The Morgan fingerprint density at radius 1 is 1.21 bits per heavy atom. The molecule has 0 saturated heterocycles. The molecule has 0 fully saturated rings. The highest BCUT2D eigenvalue weighted by Gasteiger charge is 2.32. The lowest BCUT2D eigenvalue weighted by Gasteiger charge is -2.31. The highest BCUT2D eigenvalue weighted by Crippen LogP contribution is 2.44. The van der Waals surface area contributed by atoms with E-state index in [1.165, 1.54) is 22.5 Å². The number of anilines is 1. The van der Waals surface area contributed by atoms with Gasteiger partial charge in [0.05, 0.1) is 12.3 Å². The molecule has 0 aliphatic carbocycles. The number of hydrogen-bond donors (Lipinski definition) is 1. The number of aromatic nitrogens is 3. The van der Waals surface area contributed by atoms with Crippen molar-refractivity contribution in [2.24, 2.45) is 0 Å². The molecule has 172 valence electrons. The zero-order valence-corrected chi connectivity index (χ0v) is 19.8. The van der Waals surface area contributed by atoms with Gasteiger partial charge in [-0.1, -0.05) is 18.2 Å². The fourth-order valence-corrected chi connectivity index (χ4v) is 5.01. The first-order valence-corrected chi connectivity index (χ1v) is 12.1. The van der Waals surface area contributed by atoms with Crippen LogP contribution in [0, 0.1) is 6.92 Å². The third-order valence-electron chi connectivity index (χ3n) is 6.61. The molecule has 0 radical (unpaired) electrons. The molecule has 0 bridgehead atoms. The Morgan fingerprint density at radius 3 is 2.94 bits per heavy atom. The van der Waals surface area contributed by atoms with Gasteiger partial charge >= 0.3 is 0 Å². The maximum atomic E-state index is 6.06. The van der Waals surface area contributed by atoms with Gasteiger partial charge in [-0.05, 0) is 70.5 Å². The monoisotopic (exact) mass is 443 g/mol. The van der Waals surface area contributed by atoms with Crippen LogP contribution in [0.1, 0.15) is 48.2 Å². The third-order valence-corrected chi connectivity index (χ3v) is 6.61. The summed E-state index contributed by atoms with van der Waals surface area (Å²) in [5.74, 6) is 1.08. The number of rotatable bonds is 8. The van der Waals surface area contributed by atoms with Crippen LogP contribution in [0.5, 0.6) is 5.75 Å². The number of nitrogens with zero attached hydrogens (tertiary/aromatic N) is 4. The smallest absolute Gasteiger partial charge is 0.121 e. The lowest BCUT2D eigenvalue weighted by Crippen LogP contribution is -2.22. The molecule has 4 heterocycles. The molecular formula is C27H33N5O. The Kier molecular flexibility index (Phi) is 6.18. The number of ether oxygens (including phenoxy) is 1. The molecule has 2 aliphatic rings. The van der Waals surface area contributed by atoms with Crippen LogP contribution in [0.15, 0.2) is 48.7 Å². The summed E-state index contributed by atoms with van der Waals surface area (Å²) in [7, 11) is 1.97. The summed E-state index contributed by atoms with van der Waals surface area (Å²) in [6, 6.07) is 12.8. The van der Waals surface area contributed by atoms with Crippen molar-refractivity contribution in [3.05, 3.63) is 71.2 Å². The Hall–Kier alpha value is -3.12. The fraction of sp³-hybridized carbons (Fsp3) is 0.407. The molecule has 0 amide bonds. The van der Waals surface area contributed by atoms with Crippen LogP contribution in [0.2, 0.25) is 0 Å². The second kappa shape index (κ2) is 9.40. The molecule has 2 aliphatic heterocycles. The SMILES string of the molecule is CCN1C=CC(c2c(-c3cccc(C)n3)nn3c2CCC3)c2ccc(OCCCNC)cc21. The number of allylic oxidation sites excluding steroid dienone is 1. The Labute approximate surface area is 196 Å². The van der Waals surface area contributed by atoms with Gasteiger partial charge in [-0.2, -0.15) is 5.10 Å². The van der Waals surface area contributed by atoms with E-state index in [-0.39, 0.29) is 5.92 Å². The van der Waals surface area contributed by atoms with E-state index in [1.807, 2.05) is 20.0 Å². The molecule has 6 nitrogen and oxygen atoms in total. The van der Waals surface area contributed by atoms with Gasteiger partial charge in [-0.15, -0.1) is 0 Å². The standard InChI is InChI=1S/C27H33N5O/c1-4-31-16-13-22(21-12-11-20(18-25(21)31)33-17-7-14-28-3)26-24-10-6-15-32(24)30-27(26)23-9-5-8-19(2)29-23/h5,8-9,11-13,16,18,22,28H,4,6-7,10,14-15,17H2,1-3H3. The minimum absolute atomic E-state index is 0.153.